The van der Waals surface area contributed by atoms with Gasteiger partial charge in [-0.15, -0.1) is 0 Å². The van der Waals surface area contributed by atoms with Crippen LogP contribution in [0.15, 0.2) is 30.3 Å². The van der Waals surface area contributed by atoms with E-state index < -0.39 is 12.1 Å². The number of nitrogens with one attached hydrogen (secondary N) is 1. The number of likely N-dealkylation sites (tertiary alicyclic amines) is 1. The van der Waals surface area contributed by atoms with E-state index >= 15 is 0 Å². The van der Waals surface area contributed by atoms with Crippen LogP contribution in [0.1, 0.15) is 45.1 Å². The summed E-state index contributed by atoms with van der Waals surface area (Å²) >= 11 is 0. The molecule has 1 aromatic carbocycles. The SMILES string of the molecule is CCOC(=O)C1CN(C(=O)[C@H](C)NC(=O)OCc2ccccc2)C2CCCCC12. The minimum atomic E-state index is -0.721. The van der Waals surface area contributed by atoms with Crippen molar-refractivity contribution in [3.05, 3.63) is 35.9 Å². The van der Waals surface area contributed by atoms with E-state index in [1.54, 1.807) is 18.7 Å². The van der Waals surface area contributed by atoms with Crippen molar-refractivity contribution in [2.45, 2.75) is 58.2 Å². The Bertz CT molecular complexity index is 723. The van der Waals surface area contributed by atoms with Crippen LogP contribution in [-0.2, 0) is 25.7 Å². The van der Waals surface area contributed by atoms with Crippen molar-refractivity contribution >= 4 is 18.0 Å². The van der Waals surface area contributed by atoms with Gasteiger partial charge in [0.25, 0.3) is 0 Å². The largest absolute Gasteiger partial charge is 0.466 e. The number of hydrogen-bond acceptors (Lipinski definition) is 5. The summed E-state index contributed by atoms with van der Waals surface area (Å²) in [6.45, 7) is 4.29. The molecular weight excluding hydrogens is 372 g/mol. The molecule has 29 heavy (non-hydrogen) atoms. The third kappa shape index (κ3) is 5.08. The summed E-state index contributed by atoms with van der Waals surface area (Å²) in [4.78, 5) is 39.3. The van der Waals surface area contributed by atoms with Gasteiger partial charge < -0.3 is 19.7 Å². The zero-order chi connectivity index (χ0) is 20.8. The maximum absolute atomic E-state index is 13.0. The van der Waals surface area contributed by atoms with Crippen molar-refractivity contribution in [2.24, 2.45) is 11.8 Å². The molecule has 0 radical (unpaired) electrons. The van der Waals surface area contributed by atoms with E-state index in [2.05, 4.69) is 5.32 Å². The van der Waals surface area contributed by atoms with E-state index in [4.69, 9.17) is 9.47 Å². The Kier molecular flexibility index (Phi) is 7.12. The quantitative estimate of drug-likeness (QED) is 0.740. The standard InChI is InChI=1S/C22H30N2O5/c1-3-28-21(26)18-13-24(19-12-8-7-11-17(18)19)20(25)15(2)23-22(27)29-14-16-9-5-4-6-10-16/h4-6,9-10,15,17-19H,3,7-8,11-14H2,1-2H3,(H,23,27)/t15-,17?,18?,19?/m0/s1. The molecule has 1 N–H and O–H groups in total. The average molecular weight is 402 g/mol. The molecule has 3 rings (SSSR count). The van der Waals surface area contributed by atoms with Crippen molar-refractivity contribution in [2.75, 3.05) is 13.2 Å². The van der Waals surface area contributed by atoms with Gasteiger partial charge in [0, 0.05) is 12.6 Å². The van der Waals surface area contributed by atoms with Gasteiger partial charge >= 0.3 is 12.1 Å². The third-order valence-corrected chi connectivity index (χ3v) is 5.88. The van der Waals surface area contributed by atoms with Crippen molar-refractivity contribution in [3.8, 4) is 0 Å². The molecule has 2 amide bonds. The Labute approximate surface area is 171 Å². The molecule has 1 saturated heterocycles. The van der Waals surface area contributed by atoms with Crippen molar-refractivity contribution in [3.63, 3.8) is 0 Å². The molecule has 158 valence electrons. The molecule has 3 unspecified atom stereocenters. The molecule has 2 aliphatic rings. The van der Waals surface area contributed by atoms with Gasteiger partial charge in [-0.25, -0.2) is 4.79 Å². The summed E-state index contributed by atoms with van der Waals surface area (Å²) in [7, 11) is 0. The van der Waals surface area contributed by atoms with E-state index in [1.165, 1.54) is 0 Å². The highest BCUT2D eigenvalue weighted by atomic mass is 16.5. The van der Waals surface area contributed by atoms with Gasteiger partial charge in [-0.1, -0.05) is 43.2 Å². The van der Waals surface area contributed by atoms with Crippen LogP contribution in [0.25, 0.3) is 0 Å². The Morgan fingerprint density at radius 1 is 1.14 bits per heavy atom. The van der Waals surface area contributed by atoms with Crippen LogP contribution in [0.2, 0.25) is 0 Å². The topological polar surface area (TPSA) is 84.9 Å². The first kappa shape index (κ1) is 21.1. The monoisotopic (exact) mass is 402 g/mol. The molecule has 1 aliphatic heterocycles. The molecular formula is C22H30N2O5. The van der Waals surface area contributed by atoms with Gasteiger partial charge in [0.05, 0.1) is 12.5 Å². The highest BCUT2D eigenvalue weighted by Crippen LogP contribution is 2.40. The number of alkyl carbamates (subject to hydrolysis) is 1. The summed E-state index contributed by atoms with van der Waals surface area (Å²) < 4.78 is 10.4. The zero-order valence-electron chi connectivity index (χ0n) is 17.1. The number of rotatable bonds is 6. The van der Waals surface area contributed by atoms with Crippen LogP contribution in [-0.4, -0.2) is 48.1 Å². The first-order valence-electron chi connectivity index (χ1n) is 10.5. The lowest BCUT2D eigenvalue weighted by Crippen LogP contribution is -2.49. The second-order valence-corrected chi connectivity index (χ2v) is 7.79. The number of carbonyl (C=O) groups excluding carboxylic acids is 3. The van der Waals surface area contributed by atoms with Crippen LogP contribution >= 0.6 is 0 Å². The lowest BCUT2D eigenvalue weighted by molar-refractivity contribution is -0.149. The Morgan fingerprint density at radius 3 is 2.59 bits per heavy atom. The minimum Gasteiger partial charge on any atom is -0.466 e. The summed E-state index contributed by atoms with van der Waals surface area (Å²) in [6, 6.07) is 8.68. The summed E-state index contributed by atoms with van der Waals surface area (Å²) in [5.41, 5.74) is 0.878. The molecule has 0 aromatic heterocycles. The fraction of sp³-hybridized carbons (Fsp3) is 0.591. The molecule has 1 saturated carbocycles. The minimum absolute atomic E-state index is 0.0373. The van der Waals surface area contributed by atoms with Crippen LogP contribution in [0.5, 0.6) is 0 Å². The highest BCUT2D eigenvalue weighted by molar-refractivity contribution is 5.87. The number of nitrogens with zero attached hydrogens (tertiary/aromatic N) is 1. The maximum atomic E-state index is 13.0. The van der Waals surface area contributed by atoms with Gasteiger partial charge in [-0.05, 0) is 38.2 Å². The fourth-order valence-corrected chi connectivity index (χ4v) is 4.48. The first-order chi connectivity index (χ1) is 14.0. The number of benzene rings is 1. The average Bonchev–Trinajstić information content (AvgIpc) is 3.12. The van der Waals surface area contributed by atoms with Crippen LogP contribution in [0, 0.1) is 11.8 Å². The van der Waals surface area contributed by atoms with E-state index in [0.29, 0.717) is 13.2 Å². The molecule has 4 atom stereocenters. The number of esters is 1. The lowest BCUT2D eigenvalue weighted by Gasteiger charge is -2.33. The Balaban J connectivity index is 1.57. The predicted molar refractivity (Wildman–Crippen MR) is 107 cm³/mol. The summed E-state index contributed by atoms with van der Waals surface area (Å²) in [5.74, 6) is -0.529. The summed E-state index contributed by atoms with van der Waals surface area (Å²) in [5, 5.41) is 2.62. The molecule has 1 aliphatic carbocycles. The van der Waals surface area contributed by atoms with E-state index in [-0.39, 0.29) is 36.4 Å². The molecule has 1 aromatic rings. The van der Waals surface area contributed by atoms with Gasteiger partial charge in [-0.3, -0.25) is 9.59 Å². The van der Waals surface area contributed by atoms with E-state index in [9.17, 15) is 14.4 Å². The molecule has 0 spiro atoms. The summed E-state index contributed by atoms with van der Waals surface area (Å²) in [6.07, 6.45) is 3.30. The molecule has 2 fully saturated rings. The molecule has 7 nitrogen and oxygen atoms in total. The zero-order valence-corrected chi connectivity index (χ0v) is 17.1. The number of hydrogen-bond donors (Lipinski definition) is 1. The number of fused-ring (bicyclic) bond motifs is 1. The number of ether oxygens (including phenoxy) is 2. The van der Waals surface area contributed by atoms with Crippen molar-refractivity contribution in [1.29, 1.82) is 0 Å². The normalized spacial score (nSPS) is 24.3. The maximum Gasteiger partial charge on any atom is 0.408 e. The smallest absolute Gasteiger partial charge is 0.408 e. The number of amides is 2. The van der Waals surface area contributed by atoms with Gasteiger partial charge in [0.2, 0.25) is 5.91 Å². The highest BCUT2D eigenvalue weighted by Gasteiger charge is 2.49. The molecule has 1 heterocycles. The number of carbonyl (C=O) groups is 3. The van der Waals surface area contributed by atoms with Gasteiger partial charge in [-0.2, -0.15) is 0 Å². The first-order valence-corrected chi connectivity index (χ1v) is 10.5. The van der Waals surface area contributed by atoms with Crippen LogP contribution in [0.4, 0.5) is 4.79 Å². The van der Waals surface area contributed by atoms with E-state index in [1.807, 2.05) is 30.3 Å². The second-order valence-electron chi connectivity index (χ2n) is 7.79. The Morgan fingerprint density at radius 2 is 1.86 bits per heavy atom. The lowest BCUT2D eigenvalue weighted by atomic mass is 9.80. The van der Waals surface area contributed by atoms with Gasteiger partial charge in [0.1, 0.15) is 12.6 Å². The molecule has 7 heteroatoms. The predicted octanol–water partition coefficient (Wildman–Crippen LogP) is 2.88. The van der Waals surface area contributed by atoms with Crippen molar-refractivity contribution in [1.82, 2.24) is 10.2 Å². The Hall–Kier alpha value is -2.57. The second kappa shape index (κ2) is 9.76. The molecule has 0 bridgehead atoms. The third-order valence-electron chi connectivity index (χ3n) is 5.88. The van der Waals surface area contributed by atoms with Crippen LogP contribution in [0.3, 0.4) is 0 Å². The van der Waals surface area contributed by atoms with Gasteiger partial charge in [0.15, 0.2) is 0 Å². The van der Waals surface area contributed by atoms with Crippen molar-refractivity contribution < 1.29 is 23.9 Å². The van der Waals surface area contributed by atoms with Crippen LogP contribution < -0.4 is 5.32 Å². The fourth-order valence-electron chi connectivity index (χ4n) is 4.48. The van der Waals surface area contributed by atoms with E-state index in [0.717, 1.165) is 31.2 Å².